The molecule has 0 saturated carbocycles. The van der Waals surface area contributed by atoms with Gasteiger partial charge in [0.1, 0.15) is 5.76 Å². The summed E-state index contributed by atoms with van der Waals surface area (Å²) in [6.45, 7) is 1.43. The monoisotopic (exact) mass is 251 g/mol. The normalized spacial score (nSPS) is 10.9. The minimum atomic E-state index is -1.03. The second kappa shape index (κ2) is 5.16. The molecule has 5 heteroatoms. The maximum atomic E-state index is 10.7. The SMILES string of the molecule is CN(Cc1ccsc1)Cc1ccc(C(=O)O)o1. The lowest BCUT2D eigenvalue weighted by molar-refractivity contribution is 0.0658. The van der Waals surface area contributed by atoms with Gasteiger partial charge in [0.2, 0.25) is 5.76 Å². The molecule has 0 aliphatic heterocycles. The lowest BCUT2D eigenvalue weighted by Gasteiger charge is -2.13. The number of hydrogen-bond donors (Lipinski definition) is 1. The van der Waals surface area contributed by atoms with Crippen molar-refractivity contribution in [2.45, 2.75) is 13.1 Å². The molecule has 0 aliphatic rings. The molecule has 0 atom stereocenters. The van der Waals surface area contributed by atoms with Crippen LogP contribution in [-0.4, -0.2) is 23.0 Å². The Bertz CT molecular complexity index is 490. The van der Waals surface area contributed by atoms with Crippen molar-refractivity contribution in [1.29, 1.82) is 0 Å². The number of carbonyl (C=O) groups is 1. The minimum absolute atomic E-state index is 0.0102. The fraction of sp³-hybridized carbons (Fsp3) is 0.250. The number of thiophene rings is 1. The molecule has 0 amide bonds. The Kier molecular flexibility index (Phi) is 3.61. The Morgan fingerprint density at radius 1 is 1.41 bits per heavy atom. The van der Waals surface area contributed by atoms with Gasteiger partial charge in [-0.3, -0.25) is 4.90 Å². The van der Waals surface area contributed by atoms with Crippen LogP contribution < -0.4 is 0 Å². The molecule has 90 valence electrons. The van der Waals surface area contributed by atoms with E-state index >= 15 is 0 Å². The highest BCUT2D eigenvalue weighted by atomic mass is 32.1. The van der Waals surface area contributed by atoms with Gasteiger partial charge < -0.3 is 9.52 Å². The molecule has 2 aromatic rings. The molecule has 0 bridgehead atoms. The van der Waals surface area contributed by atoms with Gasteiger partial charge in [-0.05, 0) is 41.6 Å². The Morgan fingerprint density at radius 2 is 2.24 bits per heavy atom. The van der Waals surface area contributed by atoms with Crippen molar-refractivity contribution in [3.05, 3.63) is 46.0 Å². The van der Waals surface area contributed by atoms with Crippen molar-refractivity contribution in [1.82, 2.24) is 4.90 Å². The van der Waals surface area contributed by atoms with E-state index in [-0.39, 0.29) is 5.76 Å². The lowest BCUT2D eigenvalue weighted by atomic mass is 10.3. The van der Waals surface area contributed by atoms with Crippen LogP contribution in [0.3, 0.4) is 0 Å². The minimum Gasteiger partial charge on any atom is -0.475 e. The van der Waals surface area contributed by atoms with Crippen LogP contribution in [0.2, 0.25) is 0 Å². The Hall–Kier alpha value is -1.59. The molecule has 4 nitrogen and oxygen atoms in total. The van der Waals surface area contributed by atoms with Gasteiger partial charge in [0.05, 0.1) is 6.54 Å². The molecule has 2 rings (SSSR count). The maximum absolute atomic E-state index is 10.7. The quantitative estimate of drug-likeness (QED) is 0.887. The van der Waals surface area contributed by atoms with Crippen molar-refractivity contribution in [2.75, 3.05) is 7.05 Å². The van der Waals surface area contributed by atoms with Crippen LogP contribution in [0.15, 0.2) is 33.4 Å². The summed E-state index contributed by atoms with van der Waals surface area (Å²) in [5.74, 6) is -0.374. The average molecular weight is 251 g/mol. The Morgan fingerprint density at radius 3 is 2.82 bits per heavy atom. The van der Waals surface area contributed by atoms with Gasteiger partial charge in [0.15, 0.2) is 0 Å². The topological polar surface area (TPSA) is 53.7 Å². The largest absolute Gasteiger partial charge is 0.475 e. The summed E-state index contributed by atoms with van der Waals surface area (Å²) in [7, 11) is 1.97. The third-order valence-corrected chi connectivity index (χ3v) is 3.06. The van der Waals surface area contributed by atoms with E-state index in [0.29, 0.717) is 12.3 Å². The Labute approximate surface area is 103 Å². The fourth-order valence-corrected chi connectivity index (χ4v) is 2.25. The van der Waals surface area contributed by atoms with Crippen LogP contribution in [-0.2, 0) is 13.1 Å². The van der Waals surface area contributed by atoms with Gasteiger partial charge in [-0.2, -0.15) is 11.3 Å². The molecular weight excluding hydrogens is 238 g/mol. The average Bonchev–Trinajstić information content (AvgIpc) is 2.88. The van der Waals surface area contributed by atoms with Gasteiger partial charge in [-0.1, -0.05) is 0 Å². The number of nitrogens with zero attached hydrogens (tertiary/aromatic N) is 1. The van der Waals surface area contributed by atoms with Gasteiger partial charge in [0.25, 0.3) is 0 Å². The molecule has 0 aliphatic carbocycles. The first-order valence-corrected chi connectivity index (χ1v) is 6.11. The standard InChI is InChI=1S/C12H13NO3S/c1-13(6-9-4-5-17-8-9)7-10-2-3-11(16-10)12(14)15/h2-5,8H,6-7H2,1H3,(H,14,15). The fourth-order valence-electron chi connectivity index (χ4n) is 1.59. The molecular formula is C12H13NO3S. The summed E-state index contributed by atoms with van der Waals surface area (Å²) < 4.78 is 5.20. The summed E-state index contributed by atoms with van der Waals surface area (Å²) in [6, 6.07) is 5.26. The molecule has 0 radical (unpaired) electrons. The van der Waals surface area contributed by atoms with Crippen LogP contribution >= 0.6 is 11.3 Å². The molecule has 0 unspecified atom stereocenters. The number of aromatic carboxylic acids is 1. The molecule has 0 saturated heterocycles. The predicted molar refractivity (Wildman–Crippen MR) is 65.2 cm³/mol. The van der Waals surface area contributed by atoms with E-state index < -0.39 is 5.97 Å². The van der Waals surface area contributed by atoms with E-state index in [0.717, 1.165) is 6.54 Å². The lowest BCUT2D eigenvalue weighted by Crippen LogP contribution is -2.16. The number of rotatable bonds is 5. The summed E-state index contributed by atoms with van der Waals surface area (Å²) in [4.78, 5) is 12.7. The first-order valence-electron chi connectivity index (χ1n) is 5.17. The first kappa shape index (κ1) is 11.9. The van der Waals surface area contributed by atoms with Crippen molar-refractivity contribution in [3.63, 3.8) is 0 Å². The van der Waals surface area contributed by atoms with Gasteiger partial charge in [0, 0.05) is 6.54 Å². The van der Waals surface area contributed by atoms with Crippen molar-refractivity contribution < 1.29 is 14.3 Å². The predicted octanol–water partition coefficient (Wildman–Crippen LogP) is 2.67. The number of carboxylic acid groups (broad SMARTS) is 1. The summed E-state index contributed by atoms with van der Waals surface area (Å²) >= 11 is 1.67. The number of carboxylic acids is 1. The zero-order chi connectivity index (χ0) is 12.3. The van der Waals surface area contributed by atoms with E-state index in [1.165, 1.54) is 11.6 Å². The van der Waals surface area contributed by atoms with Crippen molar-refractivity contribution in [3.8, 4) is 0 Å². The van der Waals surface area contributed by atoms with Crippen molar-refractivity contribution in [2.24, 2.45) is 0 Å². The number of hydrogen-bond acceptors (Lipinski definition) is 4. The molecule has 2 aromatic heterocycles. The van der Waals surface area contributed by atoms with Gasteiger partial charge in [-0.15, -0.1) is 0 Å². The zero-order valence-electron chi connectivity index (χ0n) is 9.42. The maximum Gasteiger partial charge on any atom is 0.371 e. The first-order chi connectivity index (χ1) is 8.15. The zero-order valence-corrected chi connectivity index (χ0v) is 10.2. The summed E-state index contributed by atoms with van der Waals surface area (Å²) in [5.41, 5.74) is 1.25. The van der Waals surface area contributed by atoms with Crippen molar-refractivity contribution >= 4 is 17.3 Å². The number of furan rings is 1. The molecule has 2 heterocycles. The van der Waals surface area contributed by atoms with Crippen LogP contribution in [0.5, 0.6) is 0 Å². The second-order valence-electron chi connectivity index (χ2n) is 3.87. The molecule has 0 spiro atoms. The van der Waals surface area contributed by atoms with Gasteiger partial charge >= 0.3 is 5.97 Å². The van der Waals surface area contributed by atoms with Crippen LogP contribution in [0.4, 0.5) is 0 Å². The van der Waals surface area contributed by atoms with Crippen LogP contribution in [0.25, 0.3) is 0 Å². The third kappa shape index (κ3) is 3.18. The van der Waals surface area contributed by atoms with E-state index in [1.807, 2.05) is 12.4 Å². The third-order valence-electron chi connectivity index (χ3n) is 2.33. The second-order valence-corrected chi connectivity index (χ2v) is 4.66. The highest BCUT2D eigenvalue weighted by Gasteiger charge is 2.10. The highest BCUT2D eigenvalue weighted by molar-refractivity contribution is 7.07. The van der Waals surface area contributed by atoms with Crippen LogP contribution in [0.1, 0.15) is 21.9 Å². The molecule has 0 fully saturated rings. The van der Waals surface area contributed by atoms with E-state index in [1.54, 1.807) is 17.4 Å². The summed E-state index contributed by atoms with van der Waals surface area (Å²) in [6.07, 6.45) is 0. The van der Waals surface area contributed by atoms with E-state index in [2.05, 4.69) is 16.3 Å². The van der Waals surface area contributed by atoms with Gasteiger partial charge in [-0.25, -0.2) is 4.79 Å². The highest BCUT2D eigenvalue weighted by Crippen LogP contribution is 2.13. The van der Waals surface area contributed by atoms with Crippen LogP contribution in [0, 0.1) is 0 Å². The molecule has 1 N–H and O–H groups in total. The molecule has 17 heavy (non-hydrogen) atoms. The van der Waals surface area contributed by atoms with E-state index in [9.17, 15) is 4.79 Å². The Balaban J connectivity index is 1.93. The molecule has 0 aromatic carbocycles. The smallest absolute Gasteiger partial charge is 0.371 e. The summed E-state index contributed by atoms with van der Waals surface area (Å²) in [5, 5.41) is 12.9. The van der Waals surface area contributed by atoms with E-state index in [4.69, 9.17) is 9.52 Å².